The maximum atomic E-state index is 11.3. The zero-order chi connectivity index (χ0) is 11.9. The number of aliphatic hydroxyl groups is 1. The van der Waals surface area contributed by atoms with E-state index in [9.17, 15) is 4.79 Å². The molecule has 1 atom stereocenters. The number of hydrogen-bond acceptors (Lipinski definition) is 3. The molecule has 0 radical (unpaired) electrons. The predicted molar refractivity (Wildman–Crippen MR) is 59.7 cm³/mol. The summed E-state index contributed by atoms with van der Waals surface area (Å²) in [5, 5.41) is 11.3. The molecule has 90 valence electrons. The van der Waals surface area contributed by atoms with Gasteiger partial charge in [-0.1, -0.05) is 6.92 Å². The zero-order valence-electron chi connectivity index (χ0n) is 10.2. The molecule has 0 aromatic carbocycles. The molecule has 2 N–H and O–H groups in total. The quantitative estimate of drug-likeness (QED) is 0.739. The largest absolute Gasteiger partial charge is 0.444 e. The molecule has 0 fully saturated rings. The van der Waals surface area contributed by atoms with Gasteiger partial charge in [0.15, 0.2) is 0 Å². The van der Waals surface area contributed by atoms with Crippen molar-refractivity contribution in [2.75, 3.05) is 13.2 Å². The number of aliphatic hydroxyl groups excluding tert-OH is 1. The van der Waals surface area contributed by atoms with Crippen molar-refractivity contribution >= 4 is 6.09 Å². The first-order valence-electron chi connectivity index (χ1n) is 5.43. The Balaban J connectivity index is 3.62. The monoisotopic (exact) mass is 217 g/mol. The van der Waals surface area contributed by atoms with Crippen LogP contribution in [0.2, 0.25) is 0 Å². The average Bonchev–Trinajstić information content (AvgIpc) is 2.08. The van der Waals surface area contributed by atoms with Crippen molar-refractivity contribution in [2.45, 2.75) is 46.1 Å². The maximum absolute atomic E-state index is 11.3. The first-order valence-corrected chi connectivity index (χ1v) is 5.43. The predicted octanol–water partition coefficient (Wildman–Crippen LogP) is 1.92. The Morgan fingerprint density at radius 2 is 2.07 bits per heavy atom. The molecule has 0 bridgehead atoms. The Bertz CT molecular complexity index is 187. The summed E-state index contributed by atoms with van der Waals surface area (Å²) in [6.07, 6.45) is 1.31. The van der Waals surface area contributed by atoms with Gasteiger partial charge in [0.25, 0.3) is 0 Å². The third-order valence-electron chi connectivity index (χ3n) is 1.85. The lowest BCUT2D eigenvalue weighted by atomic mass is 10.1. The van der Waals surface area contributed by atoms with Gasteiger partial charge in [0.1, 0.15) is 5.60 Å². The summed E-state index contributed by atoms with van der Waals surface area (Å²) < 4.78 is 5.09. The van der Waals surface area contributed by atoms with E-state index in [0.717, 1.165) is 12.8 Å². The summed E-state index contributed by atoms with van der Waals surface area (Å²) in [6.45, 7) is 8.34. The third kappa shape index (κ3) is 9.53. The lowest BCUT2D eigenvalue weighted by Crippen LogP contribution is -2.34. The lowest BCUT2D eigenvalue weighted by Gasteiger charge is -2.20. The summed E-state index contributed by atoms with van der Waals surface area (Å²) in [4.78, 5) is 11.3. The second kappa shape index (κ2) is 6.67. The summed E-state index contributed by atoms with van der Waals surface area (Å²) in [6, 6.07) is 0. The first-order chi connectivity index (χ1) is 6.85. The van der Waals surface area contributed by atoms with Crippen LogP contribution in [0.3, 0.4) is 0 Å². The van der Waals surface area contributed by atoms with Crippen LogP contribution in [0, 0.1) is 5.92 Å². The molecule has 0 spiro atoms. The second-order valence-electron chi connectivity index (χ2n) is 4.85. The van der Waals surface area contributed by atoms with Crippen LogP contribution >= 0.6 is 0 Å². The van der Waals surface area contributed by atoms with Gasteiger partial charge >= 0.3 is 6.09 Å². The summed E-state index contributed by atoms with van der Waals surface area (Å²) in [5.41, 5.74) is -0.446. The Labute approximate surface area is 92.0 Å². The number of nitrogens with one attached hydrogen (secondary N) is 1. The van der Waals surface area contributed by atoms with Gasteiger partial charge in [-0.05, 0) is 39.5 Å². The molecule has 15 heavy (non-hydrogen) atoms. The normalized spacial score (nSPS) is 13.4. The Morgan fingerprint density at radius 3 is 2.53 bits per heavy atom. The molecule has 0 aliphatic carbocycles. The molecular weight excluding hydrogens is 194 g/mol. The van der Waals surface area contributed by atoms with Crippen molar-refractivity contribution in [3.63, 3.8) is 0 Å². The van der Waals surface area contributed by atoms with Crippen molar-refractivity contribution in [3.05, 3.63) is 0 Å². The fraction of sp³-hybridized carbons (Fsp3) is 0.909. The maximum Gasteiger partial charge on any atom is 0.407 e. The van der Waals surface area contributed by atoms with Crippen LogP contribution in [0.4, 0.5) is 4.79 Å². The average molecular weight is 217 g/mol. The number of alkyl carbamates (subject to hydrolysis) is 1. The van der Waals surface area contributed by atoms with E-state index in [-0.39, 0.29) is 12.7 Å². The van der Waals surface area contributed by atoms with Crippen molar-refractivity contribution in [1.29, 1.82) is 0 Å². The number of carbonyl (C=O) groups is 1. The van der Waals surface area contributed by atoms with Crippen molar-refractivity contribution in [2.24, 2.45) is 5.92 Å². The van der Waals surface area contributed by atoms with Gasteiger partial charge in [-0.25, -0.2) is 4.79 Å². The highest BCUT2D eigenvalue weighted by Crippen LogP contribution is 2.07. The molecule has 0 saturated heterocycles. The number of rotatable bonds is 5. The van der Waals surface area contributed by atoms with Crippen LogP contribution in [0.15, 0.2) is 0 Å². The molecule has 1 amide bonds. The molecule has 0 aliphatic rings. The van der Waals surface area contributed by atoms with Gasteiger partial charge in [0.2, 0.25) is 0 Å². The minimum Gasteiger partial charge on any atom is -0.444 e. The SMILES string of the molecule is C[C@@H](CCCO)CNC(=O)OC(C)(C)C. The van der Waals surface area contributed by atoms with Crippen molar-refractivity contribution in [1.82, 2.24) is 5.32 Å². The van der Waals surface area contributed by atoms with Crippen LogP contribution in [-0.4, -0.2) is 30.0 Å². The number of carbonyl (C=O) groups excluding carboxylic acids is 1. The van der Waals surface area contributed by atoms with Gasteiger partial charge < -0.3 is 15.2 Å². The van der Waals surface area contributed by atoms with Gasteiger partial charge in [-0.15, -0.1) is 0 Å². The van der Waals surface area contributed by atoms with Crippen LogP contribution in [0.5, 0.6) is 0 Å². The molecule has 0 saturated carbocycles. The van der Waals surface area contributed by atoms with E-state index in [1.807, 2.05) is 27.7 Å². The lowest BCUT2D eigenvalue weighted by molar-refractivity contribution is 0.0519. The molecule has 0 unspecified atom stereocenters. The molecule has 0 aromatic rings. The summed E-state index contributed by atoms with van der Waals surface area (Å²) in [5.74, 6) is 0.365. The van der Waals surface area contributed by atoms with Crippen molar-refractivity contribution < 1.29 is 14.6 Å². The second-order valence-corrected chi connectivity index (χ2v) is 4.85. The minimum atomic E-state index is -0.446. The molecule has 4 heteroatoms. The fourth-order valence-corrected chi connectivity index (χ4v) is 1.11. The molecule has 0 aliphatic heterocycles. The highest BCUT2D eigenvalue weighted by molar-refractivity contribution is 5.67. The van der Waals surface area contributed by atoms with Crippen LogP contribution < -0.4 is 5.32 Å². The van der Waals surface area contributed by atoms with E-state index in [0.29, 0.717) is 12.5 Å². The van der Waals surface area contributed by atoms with E-state index < -0.39 is 5.60 Å². The fourth-order valence-electron chi connectivity index (χ4n) is 1.11. The van der Waals surface area contributed by atoms with Crippen LogP contribution in [0.1, 0.15) is 40.5 Å². The molecule has 0 aromatic heterocycles. The van der Waals surface area contributed by atoms with E-state index in [2.05, 4.69) is 5.32 Å². The van der Waals surface area contributed by atoms with E-state index in [1.54, 1.807) is 0 Å². The third-order valence-corrected chi connectivity index (χ3v) is 1.85. The molecular formula is C11H23NO3. The summed E-state index contributed by atoms with van der Waals surface area (Å²) >= 11 is 0. The van der Waals surface area contributed by atoms with E-state index in [4.69, 9.17) is 9.84 Å². The van der Waals surface area contributed by atoms with Crippen molar-refractivity contribution in [3.8, 4) is 0 Å². The zero-order valence-corrected chi connectivity index (χ0v) is 10.2. The highest BCUT2D eigenvalue weighted by atomic mass is 16.6. The Hall–Kier alpha value is -0.770. The van der Waals surface area contributed by atoms with E-state index >= 15 is 0 Å². The summed E-state index contributed by atoms with van der Waals surface area (Å²) in [7, 11) is 0. The number of amides is 1. The number of hydrogen-bond donors (Lipinski definition) is 2. The van der Waals surface area contributed by atoms with Gasteiger partial charge in [0.05, 0.1) is 0 Å². The Kier molecular flexibility index (Phi) is 6.32. The van der Waals surface area contributed by atoms with Gasteiger partial charge in [-0.2, -0.15) is 0 Å². The molecule has 0 heterocycles. The molecule has 4 nitrogen and oxygen atoms in total. The molecule has 0 rings (SSSR count). The Morgan fingerprint density at radius 1 is 1.47 bits per heavy atom. The van der Waals surface area contributed by atoms with Gasteiger partial charge in [-0.3, -0.25) is 0 Å². The van der Waals surface area contributed by atoms with E-state index in [1.165, 1.54) is 0 Å². The number of ether oxygens (including phenoxy) is 1. The van der Waals surface area contributed by atoms with Gasteiger partial charge in [0, 0.05) is 13.2 Å². The standard InChI is InChI=1S/C11H23NO3/c1-9(6-5-7-13)8-12-10(14)15-11(2,3)4/h9,13H,5-8H2,1-4H3,(H,12,14)/t9-/m0/s1. The first kappa shape index (κ1) is 14.2. The van der Waals surface area contributed by atoms with Crippen LogP contribution in [-0.2, 0) is 4.74 Å². The van der Waals surface area contributed by atoms with Crippen LogP contribution in [0.25, 0.3) is 0 Å². The minimum absolute atomic E-state index is 0.205. The topological polar surface area (TPSA) is 58.6 Å². The smallest absolute Gasteiger partial charge is 0.407 e. The highest BCUT2D eigenvalue weighted by Gasteiger charge is 2.16.